The fourth-order valence-electron chi connectivity index (χ4n) is 3.00. The van der Waals surface area contributed by atoms with E-state index in [1.807, 2.05) is 45.8 Å². The maximum Gasteiger partial charge on any atom is 0.254 e. The molecule has 1 aliphatic heterocycles. The van der Waals surface area contributed by atoms with Crippen molar-refractivity contribution in [1.29, 1.82) is 0 Å². The maximum absolute atomic E-state index is 12.6. The number of amides is 1. The molecule has 1 aromatic carbocycles. The molecule has 0 unspecified atom stereocenters. The van der Waals surface area contributed by atoms with Crippen LogP contribution in [0, 0.1) is 0 Å². The molecule has 3 aromatic rings. The normalized spacial score (nSPS) is 15.0. The van der Waals surface area contributed by atoms with Gasteiger partial charge in [0.15, 0.2) is 5.65 Å². The molecule has 0 N–H and O–H groups in total. The van der Waals surface area contributed by atoms with Crippen LogP contribution in [-0.4, -0.2) is 51.6 Å². The summed E-state index contributed by atoms with van der Waals surface area (Å²) in [7, 11) is 0. The third kappa shape index (κ3) is 2.75. The second kappa shape index (κ2) is 6.24. The first kappa shape index (κ1) is 15.1. The molecule has 4 rings (SSSR count). The number of halogens is 1. The summed E-state index contributed by atoms with van der Waals surface area (Å²) in [5, 5.41) is 4.33. The van der Waals surface area contributed by atoms with Crippen molar-refractivity contribution in [3.63, 3.8) is 0 Å². The van der Waals surface area contributed by atoms with Gasteiger partial charge in [-0.15, -0.1) is 0 Å². The van der Waals surface area contributed by atoms with Crippen LogP contribution in [0.5, 0.6) is 0 Å². The summed E-state index contributed by atoms with van der Waals surface area (Å²) in [4.78, 5) is 21.1. The molecule has 1 fully saturated rings. The highest BCUT2D eigenvalue weighted by atomic mass is 79.9. The highest BCUT2D eigenvalue weighted by Crippen LogP contribution is 2.19. The standard InChI is InChI=1S/C17H16BrN5O/c18-14-3-1-2-13(12-14)17(24)22-10-8-21(9-11-22)16-5-6-19-15-4-7-20-23(15)16/h1-7,12H,8-11H2. The Hall–Kier alpha value is -2.41. The first-order valence-corrected chi connectivity index (χ1v) is 8.60. The first-order valence-electron chi connectivity index (χ1n) is 7.81. The molecule has 0 bridgehead atoms. The molecule has 0 aliphatic carbocycles. The topological polar surface area (TPSA) is 53.7 Å². The van der Waals surface area contributed by atoms with Gasteiger partial charge >= 0.3 is 0 Å². The Morgan fingerprint density at radius 2 is 1.88 bits per heavy atom. The van der Waals surface area contributed by atoms with Crippen LogP contribution < -0.4 is 4.90 Å². The van der Waals surface area contributed by atoms with E-state index in [9.17, 15) is 4.79 Å². The molecule has 0 spiro atoms. The molecule has 122 valence electrons. The molecule has 2 aromatic heterocycles. The highest BCUT2D eigenvalue weighted by molar-refractivity contribution is 9.10. The molecule has 6 nitrogen and oxygen atoms in total. The Morgan fingerprint density at radius 3 is 2.67 bits per heavy atom. The third-order valence-electron chi connectivity index (χ3n) is 4.23. The summed E-state index contributed by atoms with van der Waals surface area (Å²) in [6.45, 7) is 2.93. The lowest BCUT2D eigenvalue weighted by Crippen LogP contribution is -2.49. The van der Waals surface area contributed by atoms with E-state index < -0.39 is 0 Å². The van der Waals surface area contributed by atoms with Crippen LogP contribution in [0.15, 0.2) is 53.3 Å². The monoisotopic (exact) mass is 385 g/mol. The second-order valence-corrected chi connectivity index (χ2v) is 6.61. The minimum atomic E-state index is 0.0786. The van der Waals surface area contributed by atoms with Crippen molar-refractivity contribution in [2.45, 2.75) is 0 Å². The number of aromatic nitrogens is 3. The van der Waals surface area contributed by atoms with Gasteiger partial charge in [0.2, 0.25) is 0 Å². The molecular weight excluding hydrogens is 370 g/mol. The summed E-state index contributed by atoms with van der Waals surface area (Å²) in [5.74, 6) is 1.09. The summed E-state index contributed by atoms with van der Waals surface area (Å²) in [6, 6.07) is 11.4. The van der Waals surface area contributed by atoms with Gasteiger partial charge in [-0.1, -0.05) is 22.0 Å². The molecule has 1 aliphatic rings. The summed E-state index contributed by atoms with van der Waals surface area (Å²) in [5.41, 5.74) is 1.55. The van der Waals surface area contributed by atoms with Gasteiger partial charge in [-0.25, -0.2) is 4.98 Å². The molecule has 1 saturated heterocycles. The van der Waals surface area contributed by atoms with E-state index in [4.69, 9.17) is 0 Å². The number of benzene rings is 1. The predicted molar refractivity (Wildman–Crippen MR) is 95.2 cm³/mol. The van der Waals surface area contributed by atoms with Crippen LogP contribution in [0.4, 0.5) is 5.82 Å². The van der Waals surface area contributed by atoms with Crippen LogP contribution >= 0.6 is 15.9 Å². The van der Waals surface area contributed by atoms with E-state index in [2.05, 4.69) is 30.9 Å². The van der Waals surface area contributed by atoms with Crippen LogP contribution in [0.2, 0.25) is 0 Å². The lowest BCUT2D eigenvalue weighted by atomic mass is 10.2. The number of rotatable bonds is 2. The zero-order chi connectivity index (χ0) is 16.5. The summed E-state index contributed by atoms with van der Waals surface area (Å²) >= 11 is 3.42. The average Bonchev–Trinajstić information content (AvgIpc) is 3.10. The number of carbonyl (C=O) groups is 1. The SMILES string of the molecule is O=C(c1cccc(Br)c1)N1CCN(c2ccnc3ccnn23)CC1. The molecule has 1 amide bonds. The number of fused-ring (bicyclic) bond motifs is 1. The van der Waals surface area contributed by atoms with Gasteiger partial charge in [-0.2, -0.15) is 9.61 Å². The number of hydrogen-bond donors (Lipinski definition) is 0. The first-order chi connectivity index (χ1) is 11.7. The third-order valence-corrected chi connectivity index (χ3v) is 4.73. The molecule has 7 heteroatoms. The smallest absolute Gasteiger partial charge is 0.254 e. The Balaban J connectivity index is 1.49. The van der Waals surface area contributed by atoms with Crippen molar-refractivity contribution in [2.75, 3.05) is 31.1 Å². The number of piperazine rings is 1. The lowest BCUT2D eigenvalue weighted by molar-refractivity contribution is 0.0746. The second-order valence-electron chi connectivity index (χ2n) is 5.69. The Morgan fingerprint density at radius 1 is 1.04 bits per heavy atom. The largest absolute Gasteiger partial charge is 0.353 e. The molecule has 0 radical (unpaired) electrons. The summed E-state index contributed by atoms with van der Waals surface area (Å²) in [6.07, 6.45) is 3.55. The Labute approximate surface area is 147 Å². The van der Waals surface area contributed by atoms with Gasteiger partial charge in [0.1, 0.15) is 5.82 Å². The van der Waals surface area contributed by atoms with Crippen molar-refractivity contribution in [3.8, 4) is 0 Å². The zero-order valence-electron chi connectivity index (χ0n) is 13.0. The fraction of sp³-hybridized carbons (Fsp3) is 0.235. The van der Waals surface area contributed by atoms with Gasteiger partial charge < -0.3 is 9.80 Å². The van der Waals surface area contributed by atoms with Crippen molar-refractivity contribution in [1.82, 2.24) is 19.5 Å². The Kier molecular flexibility index (Phi) is 3.93. The highest BCUT2D eigenvalue weighted by Gasteiger charge is 2.23. The van der Waals surface area contributed by atoms with E-state index in [0.29, 0.717) is 13.1 Å². The van der Waals surface area contributed by atoms with Gasteiger partial charge in [-0.3, -0.25) is 4.79 Å². The van der Waals surface area contributed by atoms with E-state index in [1.165, 1.54) is 0 Å². The molecular formula is C17H16BrN5O. The van der Waals surface area contributed by atoms with E-state index in [0.717, 1.165) is 34.6 Å². The molecule has 3 heterocycles. The van der Waals surface area contributed by atoms with Crippen LogP contribution in [-0.2, 0) is 0 Å². The lowest BCUT2D eigenvalue weighted by Gasteiger charge is -2.36. The number of carbonyl (C=O) groups excluding carboxylic acids is 1. The summed E-state index contributed by atoms with van der Waals surface area (Å²) < 4.78 is 2.76. The fourth-order valence-corrected chi connectivity index (χ4v) is 3.40. The van der Waals surface area contributed by atoms with Crippen molar-refractivity contribution in [2.24, 2.45) is 0 Å². The molecule has 0 atom stereocenters. The van der Waals surface area contributed by atoms with E-state index in [-0.39, 0.29) is 5.91 Å². The van der Waals surface area contributed by atoms with Gasteiger partial charge in [0, 0.05) is 48.5 Å². The van der Waals surface area contributed by atoms with Gasteiger partial charge in [0.25, 0.3) is 5.91 Å². The molecule has 24 heavy (non-hydrogen) atoms. The van der Waals surface area contributed by atoms with Crippen LogP contribution in [0.25, 0.3) is 5.65 Å². The number of nitrogens with zero attached hydrogens (tertiary/aromatic N) is 5. The van der Waals surface area contributed by atoms with Gasteiger partial charge in [0.05, 0.1) is 6.20 Å². The van der Waals surface area contributed by atoms with Crippen LogP contribution in [0.3, 0.4) is 0 Å². The van der Waals surface area contributed by atoms with Crippen LogP contribution in [0.1, 0.15) is 10.4 Å². The van der Waals surface area contributed by atoms with E-state index in [1.54, 1.807) is 12.4 Å². The Bertz CT molecular complexity index is 885. The number of anilines is 1. The van der Waals surface area contributed by atoms with Crippen molar-refractivity contribution >= 4 is 33.3 Å². The van der Waals surface area contributed by atoms with Crippen molar-refractivity contribution in [3.05, 3.63) is 58.8 Å². The minimum Gasteiger partial charge on any atom is -0.353 e. The number of hydrogen-bond acceptors (Lipinski definition) is 4. The molecule has 0 saturated carbocycles. The average molecular weight is 386 g/mol. The maximum atomic E-state index is 12.6. The predicted octanol–water partition coefficient (Wildman–Crippen LogP) is 2.45. The van der Waals surface area contributed by atoms with E-state index >= 15 is 0 Å². The quantitative estimate of drug-likeness (QED) is 0.679. The van der Waals surface area contributed by atoms with Gasteiger partial charge in [-0.05, 0) is 24.3 Å². The van der Waals surface area contributed by atoms with Crippen molar-refractivity contribution < 1.29 is 4.79 Å². The zero-order valence-corrected chi connectivity index (χ0v) is 14.6. The minimum absolute atomic E-state index is 0.0786.